The van der Waals surface area contributed by atoms with Gasteiger partial charge < -0.3 is 15.8 Å². The van der Waals surface area contributed by atoms with Crippen molar-refractivity contribution in [2.45, 2.75) is 32.1 Å². The van der Waals surface area contributed by atoms with E-state index in [1.165, 1.54) is 12.8 Å². The van der Waals surface area contributed by atoms with Gasteiger partial charge in [0.25, 0.3) is 0 Å². The van der Waals surface area contributed by atoms with Gasteiger partial charge in [-0.15, -0.1) is 0 Å². The van der Waals surface area contributed by atoms with Crippen molar-refractivity contribution in [1.29, 1.82) is 0 Å². The predicted octanol–water partition coefficient (Wildman–Crippen LogP) is 2.79. The van der Waals surface area contributed by atoms with E-state index in [1.54, 1.807) is 0 Å². The second-order valence-corrected chi connectivity index (χ2v) is 6.27. The molecule has 1 aromatic carbocycles. The first kappa shape index (κ1) is 14.4. The van der Waals surface area contributed by atoms with Crippen LogP contribution < -0.4 is 15.8 Å². The van der Waals surface area contributed by atoms with Gasteiger partial charge in [0.15, 0.2) is 0 Å². The minimum absolute atomic E-state index is 0.0477. The van der Waals surface area contributed by atoms with Crippen LogP contribution in [-0.2, 0) is 4.79 Å². The van der Waals surface area contributed by atoms with E-state index in [1.807, 2.05) is 24.3 Å². The summed E-state index contributed by atoms with van der Waals surface area (Å²) >= 11 is 0. The van der Waals surface area contributed by atoms with Crippen LogP contribution in [0.1, 0.15) is 32.1 Å². The first-order valence-corrected chi connectivity index (χ1v) is 8.00. The third kappa shape index (κ3) is 3.56. The van der Waals surface area contributed by atoms with Crippen molar-refractivity contribution in [2.24, 2.45) is 23.5 Å². The Labute approximate surface area is 126 Å². The Morgan fingerprint density at radius 2 is 2.05 bits per heavy atom. The lowest BCUT2D eigenvalue weighted by Crippen LogP contribution is -2.29. The SMILES string of the molecule is NC[C@H]1CCC[C@H]1C(=O)Nc1ccccc1OCC1CC1. The quantitative estimate of drug-likeness (QED) is 0.846. The number of hydrogen-bond donors (Lipinski definition) is 2. The van der Waals surface area contributed by atoms with Crippen LogP contribution in [0, 0.1) is 17.8 Å². The Bertz CT molecular complexity index is 499. The number of anilines is 1. The molecule has 4 heteroatoms. The lowest BCUT2D eigenvalue weighted by atomic mass is 9.95. The summed E-state index contributed by atoms with van der Waals surface area (Å²) in [6.07, 6.45) is 5.62. The average molecular weight is 288 g/mol. The molecule has 0 saturated heterocycles. The van der Waals surface area contributed by atoms with Crippen LogP contribution in [0.3, 0.4) is 0 Å². The molecule has 3 rings (SSSR count). The van der Waals surface area contributed by atoms with Crippen LogP contribution in [0.5, 0.6) is 5.75 Å². The summed E-state index contributed by atoms with van der Waals surface area (Å²) in [5, 5.41) is 3.04. The van der Waals surface area contributed by atoms with Crippen LogP contribution in [0.15, 0.2) is 24.3 Å². The molecular formula is C17H24N2O2. The summed E-state index contributed by atoms with van der Waals surface area (Å²) in [4.78, 5) is 12.5. The highest BCUT2D eigenvalue weighted by molar-refractivity contribution is 5.94. The summed E-state index contributed by atoms with van der Waals surface area (Å²) < 4.78 is 5.84. The van der Waals surface area contributed by atoms with Gasteiger partial charge in [0.2, 0.25) is 5.91 Å². The topological polar surface area (TPSA) is 64.4 Å². The Morgan fingerprint density at radius 1 is 1.24 bits per heavy atom. The number of nitrogens with one attached hydrogen (secondary N) is 1. The molecule has 2 atom stereocenters. The number of carbonyl (C=O) groups excluding carboxylic acids is 1. The van der Waals surface area contributed by atoms with Crippen molar-refractivity contribution in [3.63, 3.8) is 0 Å². The van der Waals surface area contributed by atoms with Crippen molar-refractivity contribution in [3.8, 4) is 5.75 Å². The van der Waals surface area contributed by atoms with Crippen molar-refractivity contribution in [2.75, 3.05) is 18.5 Å². The van der Waals surface area contributed by atoms with Crippen molar-refractivity contribution in [1.82, 2.24) is 0 Å². The first-order valence-electron chi connectivity index (χ1n) is 8.00. The molecule has 0 aliphatic heterocycles. The van der Waals surface area contributed by atoms with Gasteiger partial charge in [-0.25, -0.2) is 0 Å². The van der Waals surface area contributed by atoms with E-state index in [2.05, 4.69) is 5.32 Å². The molecule has 0 aromatic heterocycles. The first-order chi connectivity index (χ1) is 10.3. The molecule has 1 amide bonds. The fourth-order valence-corrected chi connectivity index (χ4v) is 3.08. The van der Waals surface area contributed by atoms with E-state index in [9.17, 15) is 4.79 Å². The molecule has 0 unspecified atom stereocenters. The number of nitrogens with two attached hydrogens (primary N) is 1. The maximum Gasteiger partial charge on any atom is 0.227 e. The third-order valence-corrected chi connectivity index (χ3v) is 4.61. The van der Waals surface area contributed by atoms with E-state index < -0.39 is 0 Å². The smallest absolute Gasteiger partial charge is 0.227 e. The van der Waals surface area contributed by atoms with Crippen LogP contribution >= 0.6 is 0 Å². The third-order valence-electron chi connectivity index (χ3n) is 4.61. The van der Waals surface area contributed by atoms with Crippen LogP contribution in [0.25, 0.3) is 0 Å². The van der Waals surface area contributed by atoms with E-state index in [0.717, 1.165) is 37.3 Å². The van der Waals surface area contributed by atoms with Crippen LogP contribution in [0.4, 0.5) is 5.69 Å². The number of hydrogen-bond acceptors (Lipinski definition) is 3. The van der Waals surface area contributed by atoms with E-state index in [-0.39, 0.29) is 11.8 Å². The highest BCUT2D eigenvalue weighted by Crippen LogP contribution is 2.34. The maximum atomic E-state index is 12.5. The molecule has 1 aromatic rings. The molecule has 21 heavy (non-hydrogen) atoms. The Morgan fingerprint density at radius 3 is 2.81 bits per heavy atom. The number of amides is 1. The fraction of sp³-hybridized carbons (Fsp3) is 0.588. The molecule has 2 saturated carbocycles. The number of para-hydroxylation sites is 2. The Balaban J connectivity index is 1.64. The Hall–Kier alpha value is -1.55. The van der Waals surface area contributed by atoms with Gasteiger partial charge in [-0.05, 0) is 56.2 Å². The van der Waals surface area contributed by atoms with Gasteiger partial charge in [-0.1, -0.05) is 18.6 Å². The van der Waals surface area contributed by atoms with Gasteiger partial charge in [-0.2, -0.15) is 0 Å². The molecule has 4 nitrogen and oxygen atoms in total. The number of rotatable bonds is 6. The van der Waals surface area contributed by atoms with E-state index in [0.29, 0.717) is 18.4 Å². The molecule has 3 N–H and O–H groups in total. The Kier molecular flexibility index (Phi) is 4.44. The van der Waals surface area contributed by atoms with Crippen molar-refractivity contribution in [3.05, 3.63) is 24.3 Å². The summed E-state index contributed by atoms with van der Waals surface area (Å²) in [5.74, 6) is 1.94. The molecule has 2 aliphatic rings. The molecule has 0 spiro atoms. The highest BCUT2D eigenvalue weighted by atomic mass is 16.5. The van der Waals surface area contributed by atoms with Gasteiger partial charge in [-0.3, -0.25) is 4.79 Å². The molecule has 0 radical (unpaired) electrons. The molecule has 0 heterocycles. The van der Waals surface area contributed by atoms with E-state index in [4.69, 9.17) is 10.5 Å². The number of benzene rings is 1. The van der Waals surface area contributed by atoms with Gasteiger partial charge in [0.1, 0.15) is 5.75 Å². The second-order valence-electron chi connectivity index (χ2n) is 6.27. The van der Waals surface area contributed by atoms with Crippen LogP contribution in [0.2, 0.25) is 0 Å². The highest BCUT2D eigenvalue weighted by Gasteiger charge is 2.32. The van der Waals surface area contributed by atoms with E-state index >= 15 is 0 Å². The van der Waals surface area contributed by atoms with Gasteiger partial charge in [0, 0.05) is 5.92 Å². The van der Waals surface area contributed by atoms with Crippen molar-refractivity contribution >= 4 is 11.6 Å². The van der Waals surface area contributed by atoms with Crippen LogP contribution in [-0.4, -0.2) is 19.1 Å². The van der Waals surface area contributed by atoms with Crippen molar-refractivity contribution < 1.29 is 9.53 Å². The summed E-state index contributed by atoms with van der Waals surface area (Å²) in [7, 11) is 0. The molecular weight excluding hydrogens is 264 g/mol. The summed E-state index contributed by atoms with van der Waals surface area (Å²) in [5.41, 5.74) is 6.55. The standard InChI is InChI=1S/C17H24N2O2/c18-10-13-4-3-5-14(13)17(20)19-15-6-1-2-7-16(15)21-11-12-8-9-12/h1-2,6-7,12-14H,3-5,8-11,18H2,(H,19,20)/t13-,14-/m1/s1. The second kappa shape index (κ2) is 6.48. The monoisotopic (exact) mass is 288 g/mol. The minimum atomic E-state index is 0.0477. The zero-order valence-corrected chi connectivity index (χ0v) is 12.4. The number of carbonyl (C=O) groups is 1. The van der Waals surface area contributed by atoms with Gasteiger partial charge >= 0.3 is 0 Å². The molecule has 114 valence electrons. The fourth-order valence-electron chi connectivity index (χ4n) is 3.08. The average Bonchev–Trinajstić information content (AvgIpc) is 3.20. The normalized spacial score (nSPS) is 24.8. The minimum Gasteiger partial charge on any atom is -0.491 e. The predicted molar refractivity (Wildman–Crippen MR) is 83.2 cm³/mol. The molecule has 0 bridgehead atoms. The zero-order valence-electron chi connectivity index (χ0n) is 12.4. The molecule has 2 fully saturated rings. The lowest BCUT2D eigenvalue weighted by molar-refractivity contribution is -0.120. The lowest BCUT2D eigenvalue weighted by Gasteiger charge is -2.19. The number of ether oxygens (including phenoxy) is 1. The summed E-state index contributed by atoms with van der Waals surface area (Å²) in [6, 6.07) is 7.70. The molecule has 2 aliphatic carbocycles. The maximum absolute atomic E-state index is 12.5. The zero-order chi connectivity index (χ0) is 14.7. The largest absolute Gasteiger partial charge is 0.491 e. The summed E-state index contributed by atoms with van der Waals surface area (Å²) in [6.45, 7) is 1.35. The van der Waals surface area contributed by atoms with Gasteiger partial charge in [0.05, 0.1) is 12.3 Å².